The van der Waals surface area contributed by atoms with Crippen molar-refractivity contribution in [2.75, 3.05) is 23.4 Å². The highest BCUT2D eigenvalue weighted by atomic mass is 79.9. The molecule has 0 spiro atoms. The van der Waals surface area contributed by atoms with Gasteiger partial charge < -0.3 is 19.5 Å². The Morgan fingerprint density at radius 1 is 0.935 bits per heavy atom. The third-order valence-corrected chi connectivity index (χ3v) is 7.40. The zero-order chi connectivity index (χ0) is 32.6. The largest absolute Gasteiger partial charge is 0.490 e. The minimum atomic E-state index is -0.873. The number of imide groups is 2. The Bertz CT molecular complexity index is 1800. The number of urea groups is 1. The summed E-state index contributed by atoms with van der Waals surface area (Å²) in [6, 6.07) is 24.9. The van der Waals surface area contributed by atoms with Crippen molar-refractivity contribution in [3.8, 4) is 17.2 Å². The van der Waals surface area contributed by atoms with Gasteiger partial charge in [0.05, 0.1) is 16.8 Å². The molecule has 5 amide bonds. The van der Waals surface area contributed by atoms with E-state index < -0.39 is 23.8 Å². The second kappa shape index (κ2) is 14.8. The normalized spacial score (nSPS) is 13.8. The van der Waals surface area contributed by atoms with Gasteiger partial charge in [0.1, 0.15) is 17.9 Å². The van der Waals surface area contributed by atoms with Crippen molar-refractivity contribution < 1.29 is 33.4 Å². The van der Waals surface area contributed by atoms with E-state index in [2.05, 4.69) is 26.6 Å². The van der Waals surface area contributed by atoms with Crippen LogP contribution < -0.4 is 29.7 Å². The number of halogens is 2. The summed E-state index contributed by atoms with van der Waals surface area (Å²) in [5.74, 6) is -0.996. The van der Waals surface area contributed by atoms with E-state index in [0.29, 0.717) is 33.1 Å². The highest BCUT2D eigenvalue weighted by Crippen LogP contribution is 2.38. The Hall–Kier alpha value is -5.13. The maximum absolute atomic E-state index is 13.5. The van der Waals surface area contributed by atoms with E-state index in [1.165, 1.54) is 6.08 Å². The Labute approximate surface area is 278 Å². The summed E-state index contributed by atoms with van der Waals surface area (Å²) >= 11 is 9.33. The first-order chi connectivity index (χ1) is 22.2. The van der Waals surface area contributed by atoms with Gasteiger partial charge in [-0.2, -0.15) is 0 Å². The molecular weight excluding hydrogens is 678 g/mol. The lowest BCUT2D eigenvalue weighted by molar-refractivity contribution is -0.122. The van der Waals surface area contributed by atoms with Crippen LogP contribution >= 0.6 is 27.5 Å². The van der Waals surface area contributed by atoms with Gasteiger partial charge >= 0.3 is 6.03 Å². The molecule has 0 atom stereocenters. The molecule has 5 rings (SSSR count). The lowest BCUT2D eigenvalue weighted by atomic mass is 10.1. The van der Waals surface area contributed by atoms with Gasteiger partial charge in [0.25, 0.3) is 17.7 Å². The van der Waals surface area contributed by atoms with E-state index in [1.807, 2.05) is 30.3 Å². The van der Waals surface area contributed by atoms with Crippen LogP contribution in [-0.4, -0.2) is 37.0 Å². The number of amides is 5. The number of carbonyl (C=O) groups excluding carboxylic acids is 4. The van der Waals surface area contributed by atoms with Crippen molar-refractivity contribution in [1.82, 2.24) is 5.32 Å². The fourth-order valence-corrected chi connectivity index (χ4v) is 5.13. The lowest BCUT2D eigenvalue weighted by Crippen LogP contribution is -2.54. The summed E-state index contributed by atoms with van der Waals surface area (Å²) in [5.41, 5.74) is 1.94. The van der Waals surface area contributed by atoms with Crippen LogP contribution in [0.1, 0.15) is 18.1 Å². The lowest BCUT2D eigenvalue weighted by Gasteiger charge is -2.26. The fraction of sp³-hybridized carbons (Fsp3) is 0.118. The molecule has 0 unspecified atom stereocenters. The van der Waals surface area contributed by atoms with E-state index in [9.17, 15) is 19.2 Å². The van der Waals surface area contributed by atoms with Gasteiger partial charge in [-0.1, -0.05) is 41.9 Å². The van der Waals surface area contributed by atoms with Crippen LogP contribution in [0, 0.1) is 0 Å². The molecule has 0 bridgehead atoms. The monoisotopic (exact) mass is 703 g/mol. The Kier molecular flexibility index (Phi) is 10.4. The van der Waals surface area contributed by atoms with Crippen molar-refractivity contribution >= 4 is 68.7 Å². The molecule has 46 heavy (non-hydrogen) atoms. The van der Waals surface area contributed by atoms with Crippen molar-refractivity contribution in [3.63, 3.8) is 0 Å². The predicted molar refractivity (Wildman–Crippen MR) is 177 cm³/mol. The van der Waals surface area contributed by atoms with Crippen molar-refractivity contribution in [3.05, 3.63) is 117 Å². The smallest absolute Gasteiger partial charge is 0.335 e. The average Bonchev–Trinajstić information content (AvgIpc) is 3.04. The fourth-order valence-electron chi connectivity index (χ4n) is 4.43. The van der Waals surface area contributed by atoms with Crippen LogP contribution in [0.4, 0.5) is 16.2 Å². The summed E-state index contributed by atoms with van der Waals surface area (Å²) in [6.45, 7) is 2.07. The topological polar surface area (TPSA) is 123 Å². The first kappa shape index (κ1) is 32.3. The number of barbiturate groups is 1. The Balaban J connectivity index is 1.32. The van der Waals surface area contributed by atoms with Gasteiger partial charge in [0, 0.05) is 10.7 Å². The molecule has 4 aromatic carbocycles. The van der Waals surface area contributed by atoms with E-state index in [1.54, 1.807) is 67.6 Å². The van der Waals surface area contributed by atoms with Crippen molar-refractivity contribution in [1.29, 1.82) is 0 Å². The van der Waals surface area contributed by atoms with Gasteiger partial charge in [0.2, 0.25) is 0 Å². The summed E-state index contributed by atoms with van der Waals surface area (Å²) in [5, 5.41) is 5.48. The van der Waals surface area contributed by atoms with Crippen LogP contribution in [-0.2, 0) is 21.0 Å². The molecule has 0 aliphatic carbocycles. The Morgan fingerprint density at radius 2 is 1.65 bits per heavy atom. The number of anilines is 2. The first-order valence-corrected chi connectivity index (χ1v) is 15.2. The van der Waals surface area contributed by atoms with E-state index in [-0.39, 0.29) is 36.0 Å². The zero-order valence-corrected chi connectivity index (χ0v) is 26.8. The number of nitrogens with zero attached hydrogens (tertiary/aromatic N) is 1. The summed E-state index contributed by atoms with van der Waals surface area (Å²) in [7, 11) is 0. The molecule has 1 fully saturated rings. The van der Waals surface area contributed by atoms with Crippen molar-refractivity contribution in [2.24, 2.45) is 0 Å². The molecule has 2 N–H and O–H groups in total. The molecule has 0 aromatic heterocycles. The van der Waals surface area contributed by atoms with E-state index in [0.717, 1.165) is 10.5 Å². The van der Waals surface area contributed by atoms with E-state index in [4.69, 9.17) is 25.8 Å². The maximum Gasteiger partial charge on any atom is 0.335 e. The number of hydrogen-bond donors (Lipinski definition) is 2. The van der Waals surface area contributed by atoms with Crippen molar-refractivity contribution in [2.45, 2.75) is 13.5 Å². The quantitative estimate of drug-likeness (QED) is 0.131. The van der Waals surface area contributed by atoms with Gasteiger partial charge in [-0.3, -0.25) is 19.7 Å². The molecule has 1 aliphatic rings. The number of hydrogen-bond acceptors (Lipinski definition) is 7. The summed E-state index contributed by atoms with van der Waals surface area (Å²) < 4.78 is 17.7. The number of rotatable bonds is 11. The standard InChI is InChI=1S/C34H27BrClN3O7/c1-2-44-29-18-22(17-28(35)31(29)46-20-30(40)37-24-10-8-23(36)9-11-24)16-27-32(41)38-34(43)39(33(27)42)25-12-14-26(15-13-25)45-19-21-6-4-3-5-7-21/h3-18H,2,19-20H2,1H3,(H,37,40)(H,38,41,43)/b27-16+. The molecular formula is C34H27BrClN3O7. The predicted octanol–water partition coefficient (Wildman–Crippen LogP) is 6.76. The summed E-state index contributed by atoms with van der Waals surface area (Å²) in [6.07, 6.45) is 1.35. The number of nitrogens with one attached hydrogen (secondary N) is 2. The summed E-state index contributed by atoms with van der Waals surface area (Å²) in [4.78, 5) is 52.4. The van der Waals surface area contributed by atoms with Crippen LogP contribution in [0.5, 0.6) is 17.2 Å². The van der Waals surface area contributed by atoms with Crippen LogP contribution in [0.25, 0.3) is 6.08 Å². The van der Waals surface area contributed by atoms with E-state index >= 15 is 0 Å². The highest BCUT2D eigenvalue weighted by Gasteiger charge is 2.37. The molecule has 4 aromatic rings. The second-order valence-corrected chi connectivity index (χ2v) is 11.1. The molecule has 1 heterocycles. The molecule has 234 valence electrons. The Morgan fingerprint density at radius 3 is 2.35 bits per heavy atom. The molecule has 0 radical (unpaired) electrons. The van der Waals surface area contributed by atoms with Gasteiger partial charge in [0.15, 0.2) is 18.1 Å². The number of carbonyl (C=O) groups is 4. The highest BCUT2D eigenvalue weighted by molar-refractivity contribution is 9.10. The first-order valence-electron chi connectivity index (χ1n) is 14.0. The molecule has 1 saturated heterocycles. The molecule has 0 saturated carbocycles. The minimum absolute atomic E-state index is 0.251. The second-order valence-electron chi connectivity index (χ2n) is 9.83. The van der Waals surface area contributed by atoms with Gasteiger partial charge in [-0.05, 0) is 101 Å². The minimum Gasteiger partial charge on any atom is -0.490 e. The van der Waals surface area contributed by atoms with Gasteiger partial charge in [-0.15, -0.1) is 0 Å². The average molecular weight is 705 g/mol. The molecule has 12 heteroatoms. The van der Waals surface area contributed by atoms with Crippen LogP contribution in [0.2, 0.25) is 5.02 Å². The molecule has 1 aliphatic heterocycles. The number of ether oxygens (including phenoxy) is 3. The zero-order valence-electron chi connectivity index (χ0n) is 24.4. The third kappa shape index (κ3) is 7.92. The third-order valence-electron chi connectivity index (χ3n) is 6.56. The molecule has 10 nitrogen and oxygen atoms in total. The van der Waals surface area contributed by atoms with Gasteiger partial charge in [-0.25, -0.2) is 9.69 Å². The maximum atomic E-state index is 13.5. The number of benzene rings is 4. The van der Waals surface area contributed by atoms with Crippen LogP contribution in [0.15, 0.2) is 101 Å². The SMILES string of the molecule is CCOc1cc(/C=C2\C(=O)NC(=O)N(c3ccc(OCc4ccccc4)cc3)C2=O)cc(Br)c1OCC(=O)Nc1ccc(Cl)cc1. The van der Waals surface area contributed by atoms with Crippen LogP contribution in [0.3, 0.4) is 0 Å².